The molecule has 0 spiro atoms. The summed E-state index contributed by atoms with van der Waals surface area (Å²) in [6.45, 7) is 0.384. The van der Waals surface area contributed by atoms with E-state index in [1.54, 1.807) is 17.8 Å². The van der Waals surface area contributed by atoms with Crippen molar-refractivity contribution in [3.8, 4) is 0 Å². The Kier molecular flexibility index (Phi) is 4.08. The molecule has 0 aromatic heterocycles. The largest absolute Gasteiger partial charge is 0.326 e. The summed E-state index contributed by atoms with van der Waals surface area (Å²) in [5.41, 5.74) is 10.0. The van der Waals surface area contributed by atoms with Crippen LogP contribution in [0.4, 0.5) is 4.39 Å². The number of nitrogens with two attached hydrogens (primary N) is 1. The van der Waals surface area contributed by atoms with E-state index in [9.17, 15) is 4.39 Å². The molecule has 20 heavy (non-hydrogen) atoms. The lowest BCUT2D eigenvalue weighted by Crippen LogP contribution is -1.98. The fourth-order valence-corrected chi connectivity index (χ4v) is 3.58. The highest BCUT2D eigenvalue weighted by Crippen LogP contribution is 2.30. The van der Waals surface area contributed by atoms with Crippen LogP contribution in [0.3, 0.4) is 0 Å². The molecule has 0 saturated carbocycles. The van der Waals surface area contributed by atoms with E-state index in [2.05, 4.69) is 18.2 Å². The summed E-state index contributed by atoms with van der Waals surface area (Å²) in [5, 5.41) is 0. The first kappa shape index (κ1) is 13.7. The van der Waals surface area contributed by atoms with Crippen molar-refractivity contribution in [3.05, 3.63) is 64.5 Å². The molecule has 1 aliphatic carbocycles. The molecule has 0 heterocycles. The van der Waals surface area contributed by atoms with Gasteiger partial charge in [-0.25, -0.2) is 4.39 Å². The lowest BCUT2D eigenvalue weighted by atomic mass is 10.1. The first-order valence-electron chi connectivity index (χ1n) is 6.98. The molecule has 0 saturated heterocycles. The van der Waals surface area contributed by atoms with Gasteiger partial charge in [0.25, 0.3) is 0 Å². The number of rotatable bonds is 4. The molecule has 3 rings (SSSR count). The molecule has 0 amide bonds. The van der Waals surface area contributed by atoms with Crippen LogP contribution in [0.25, 0.3) is 0 Å². The fraction of sp³-hybridized carbons (Fsp3) is 0.294. The zero-order chi connectivity index (χ0) is 13.9. The normalized spacial score (nSPS) is 13.5. The van der Waals surface area contributed by atoms with Gasteiger partial charge in [0.15, 0.2) is 0 Å². The maximum Gasteiger partial charge on any atom is 0.127 e. The Morgan fingerprint density at radius 3 is 2.70 bits per heavy atom. The van der Waals surface area contributed by atoms with Gasteiger partial charge in [-0.05, 0) is 59.7 Å². The van der Waals surface area contributed by atoms with Crippen molar-refractivity contribution < 1.29 is 4.39 Å². The fourth-order valence-electron chi connectivity index (χ4n) is 2.63. The van der Waals surface area contributed by atoms with Gasteiger partial charge in [0, 0.05) is 17.2 Å². The van der Waals surface area contributed by atoms with E-state index in [-0.39, 0.29) is 5.82 Å². The second-order valence-electron chi connectivity index (χ2n) is 5.20. The Morgan fingerprint density at radius 2 is 1.90 bits per heavy atom. The predicted octanol–water partition coefficient (Wildman–Crippen LogP) is 4.07. The van der Waals surface area contributed by atoms with Crippen LogP contribution in [0.2, 0.25) is 0 Å². The standard InChI is InChI=1S/C17H18FNS/c18-17-8-12(10-19)4-5-15(17)11-20-16-7-6-13-2-1-3-14(13)9-16/h4-9H,1-3,10-11,19H2. The van der Waals surface area contributed by atoms with E-state index >= 15 is 0 Å². The molecule has 3 heteroatoms. The molecular weight excluding hydrogens is 269 g/mol. The molecule has 0 bridgehead atoms. The Bertz CT molecular complexity index is 624. The number of benzene rings is 2. The smallest absolute Gasteiger partial charge is 0.127 e. The number of hydrogen-bond acceptors (Lipinski definition) is 2. The van der Waals surface area contributed by atoms with Crippen molar-refractivity contribution in [2.75, 3.05) is 0 Å². The van der Waals surface area contributed by atoms with Gasteiger partial charge < -0.3 is 5.73 Å². The van der Waals surface area contributed by atoms with Gasteiger partial charge in [-0.15, -0.1) is 11.8 Å². The topological polar surface area (TPSA) is 26.0 Å². The summed E-state index contributed by atoms with van der Waals surface area (Å²) in [7, 11) is 0. The van der Waals surface area contributed by atoms with Gasteiger partial charge in [-0.3, -0.25) is 0 Å². The average Bonchev–Trinajstić information content (AvgIpc) is 2.93. The van der Waals surface area contributed by atoms with Crippen molar-refractivity contribution >= 4 is 11.8 Å². The first-order valence-corrected chi connectivity index (χ1v) is 7.97. The number of hydrogen-bond donors (Lipinski definition) is 1. The molecule has 0 radical (unpaired) electrons. The lowest BCUT2D eigenvalue weighted by Gasteiger charge is -2.07. The second kappa shape index (κ2) is 5.98. The molecule has 2 N–H and O–H groups in total. The molecule has 104 valence electrons. The van der Waals surface area contributed by atoms with E-state index < -0.39 is 0 Å². The van der Waals surface area contributed by atoms with Gasteiger partial charge >= 0.3 is 0 Å². The number of thioether (sulfide) groups is 1. The zero-order valence-corrected chi connectivity index (χ0v) is 12.2. The molecule has 2 aromatic rings. The highest BCUT2D eigenvalue weighted by atomic mass is 32.2. The maximum absolute atomic E-state index is 13.9. The van der Waals surface area contributed by atoms with E-state index in [0.717, 1.165) is 11.1 Å². The van der Waals surface area contributed by atoms with Crippen molar-refractivity contribution in [3.63, 3.8) is 0 Å². The molecular formula is C17H18FNS. The Hall–Kier alpha value is -1.32. The Morgan fingerprint density at radius 1 is 1.05 bits per heavy atom. The van der Waals surface area contributed by atoms with Crippen molar-refractivity contribution in [2.45, 2.75) is 36.5 Å². The summed E-state index contributed by atoms with van der Waals surface area (Å²) in [5.74, 6) is 0.511. The van der Waals surface area contributed by atoms with Gasteiger partial charge in [0.1, 0.15) is 5.82 Å². The third kappa shape index (κ3) is 2.89. The Labute approximate surface area is 123 Å². The van der Waals surface area contributed by atoms with Crippen LogP contribution in [0.1, 0.15) is 28.7 Å². The van der Waals surface area contributed by atoms with Gasteiger partial charge in [0.2, 0.25) is 0 Å². The van der Waals surface area contributed by atoms with E-state index in [1.807, 2.05) is 12.1 Å². The molecule has 0 fully saturated rings. The highest BCUT2D eigenvalue weighted by Gasteiger charge is 2.11. The van der Waals surface area contributed by atoms with Crippen LogP contribution in [0, 0.1) is 5.82 Å². The van der Waals surface area contributed by atoms with Crippen LogP contribution >= 0.6 is 11.8 Å². The minimum atomic E-state index is -0.151. The number of aryl methyl sites for hydroxylation is 2. The quantitative estimate of drug-likeness (QED) is 0.858. The zero-order valence-electron chi connectivity index (χ0n) is 11.4. The minimum Gasteiger partial charge on any atom is -0.326 e. The number of fused-ring (bicyclic) bond motifs is 1. The third-order valence-corrected chi connectivity index (χ3v) is 4.86. The maximum atomic E-state index is 13.9. The Balaban J connectivity index is 1.70. The van der Waals surface area contributed by atoms with E-state index in [0.29, 0.717) is 12.3 Å². The van der Waals surface area contributed by atoms with Gasteiger partial charge in [-0.2, -0.15) is 0 Å². The van der Waals surface area contributed by atoms with Crippen molar-refractivity contribution in [2.24, 2.45) is 5.73 Å². The van der Waals surface area contributed by atoms with Crippen LogP contribution in [0.5, 0.6) is 0 Å². The average molecular weight is 287 g/mol. The molecule has 0 atom stereocenters. The van der Waals surface area contributed by atoms with Gasteiger partial charge in [0.05, 0.1) is 0 Å². The predicted molar refractivity (Wildman–Crippen MR) is 82.3 cm³/mol. The summed E-state index contributed by atoms with van der Waals surface area (Å²) in [6, 6.07) is 11.9. The summed E-state index contributed by atoms with van der Waals surface area (Å²) >= 11 is 1.70. The van der Waals surface area contributed by atoms with Crippen LogP contribution in [-0.2, 0) is 25.1 Å². The monoisotopic (exact) mass is 287 g/mol. The highest BCUT2D eigenvalue weighted by molar-refractivity contribution is 7.98. The van der Waals surface area contributed by atoms with E-state index in [4.69, 9.17) is 5.73 Å². The third-order valence-electron chi connectivity index (χ3n) is 3.82. The summed E-state index contributed by atoms with van der Waals surface area (Å²) in [6.07, 6.45) is 3.65. The van der Waals surface area contributed by atoms with Crippen molar-refractivity contribution in [1.29, 1.82) is 0 Å². The minimum absolute atomic E-state index is 0.151. The molecule has 1 aliphatic rings. The second-order valence-corrected chi connectivity index (χ2v) is 6.25. The van der Waals surface area contributed by atoms with E-state index in [1.165, 1.54) is 35.3 Å². The molecule has 0 unspecified atom stereocenters. The van der Waals surface area contributed by atoms with Crippen LogP contribution in [0.15, 0.2) is 41.3 Å². The number of halogens is 1. The molecule has 0 aliphatic heterocycles. The van der Waals surface area contributed by atoms with Crippen LogP contribution < -0.4 is 5.73 Å². The summed E-state index contributed by atoms with van der Waals surface area (Å²) in [4.78, 5) is 1.23. The van der Waals surface area contributed by atoms with Crippen LogP contribution in [-0.4, -0.2) is 0 Å². The van der Waals surface area contributed by atoms with Gasteiger partial charge in [-0.1, -0.05) is 18.2 Å². The summed E-state index contributed by atoms with van der Waals surface area (Å²) < 4.78 is 13.9. The molecule has 1 nitrogen and oxygen atoms in total. The lowest BCUT2D eigenvalue weighted by molar-refractivity contribution is 0.615. The van der Waals surface area contributed by atoms with Crippen molar-refractivity contribution in [1.82, 2.24) is 0 Å². The first-order chi connectivity index (χ1) is 9.76. The molecule has 2 aromatic carbocycles. The SMILES string of the molecule is NCc1ccc(CSc2ccc3c(c2)CCC3)c(F)c1.